The van der Waals surface area contributed by atoms with Gasteiger partial charge in [-0.1, -0.05) is 12.6 Å². The van der Waals surface area contributed by atoms with Gasteiger partial charge in [-0.25, -0.2) is 4.98 Å². The molecule has 2 aromatic heterocycles. The molecule has 13 heteroatoms. The Labute approximate surface area is 357 Å². The van der Waals surface area contributed by atoms with Crippen molar-refractivity contribution < 1.29 is 19.1 Å². The Morgan fingerprint density at radius 1 is 0.852 bits per heavy atom. The van der Waals surface area contributed by atoms with Crippen LogP contribution in [0.25, 0.3) is 21.9 Å². The first kappa shape index (κ1) is 39.7. The molecule has 0 radical (unpaired) electrons. The van der Waals surface area contributed by atoms with E-state index in [9.17, 15) is 14.4 Å². The summed E-state index contributed by atoms with van der Waals surface area (Å²) >= 11 is 0. The highest BCUT2D eigenvalue weighted by molar-refractivity contribution is 6.02. The number of anilines is 2. The number of piperidine rings is 3. The molecule has 0 unspecified atom stereocenters. The highest BCUT2D eigenvalue weighted by Crippen LogP contribution is 2.44. The van der Waals surface area contributed by atoms with Gasteiger partial charge in [-0.3, -0.25) is 19.3 Å². The van der Waals surface area contributed by atoms with Gasteiger partial charge >= 0.3 is 0 Å². The molecule has 5 saturated heterocycles. The number of carbonyl (C=O) groups excluding carboxylic acids is 2. The van der Waals surface area contributed by atoms with Crippen molar-refractivity contribution in [1.29, 1.82) is 0 Å². The number of hydrogen-bond acceptors (Lipinski definition) is 10. The first-order valence-corrected chi connectivity index (χ1v) is 22.2. The second-order valence-corrected chi connectivity index (χ2v) is 18.5. The molecule has 5 fully saturated rings. The summed E-state index contributed by atoms with van der Waals surface area (Å²) in [6, 6.07) is 12.1. The Morgan fingerprint density at radius 2 is 1.59 bits per heavy atom. The molecule has 6 aliphatic heterocycles. The standard InChI is InChI=1S/C48H58N8O5/c1-31-6-9-41(45(57)50-31)56-26-33-7-8-35(22-36(33)47(56)59)55-29-48(30-55)12-18-53(19-13-48)25-32-10-16-52(17-11-32)28-40-42(60-3)20-34(21-43(40)61-4)39-27-51(2)46(58)38-24-49-44(23-37(38)39)54-14-5-15-54/h7-8,20-24,27,32,41H,1,5-6,9-19,25-26,28-30H2,2-4H3,(H,50,57)/t41-/m0/s1. The molecule has 6 aliphatic rings. The number of nitrogens with zero attached hydrogens (tertiary/aromatic N) is 7. The van der Waals surface area contributed by atoms with Gasteiger partial charge in [0.15, 0.2) is 0 Å². The van der Waals surface area contributed by atoms with E-state index < -0.39 is 6.04 Å². The van der Waals surface area contributed by atoms with Crippen molar-refractivity contribution in [2.24, 2.45) is 18.4 Å². The number of aromatic nitrogens is 2. The molecule has 4 aromatic rings. The molecule has 8 heterocycles. The highest BCUT2D eigenvalue weighted by Gasteiger charge is 2.46. The summed E-state index contributed by atoms with van der Waals surface area (Å²) in [5.74, 6) is 3.02. The SMILES string of the molecule is C=C1CC[C@H](N2Cc3ccc(N4CC5(CCN(CC6CCN(Cc7c(OC)cc(-c8cn(C)c(=O)c9cnc(N%10CCC%10)cc89)cc7OC)CC6)CC5)C4)cc3C2=O)C(=O)N1. The molecule has 320 valence electrons. The lowest BCUT2D eigenvalue weighted by molar-refractivity contribution is -0.126. The largest absolute Gasteiger partial charge is 0.496 e. The van der Waals surface area contributed by atoms with Crippen molar-refractivity contribution in [2.45, 2.75) is 64.1 Å². The van der Waals surface area contributed by atoms with E-state index in [0.717, 1.165) is 134 Å². The Bertz CT molecular complexity index is 2430. The maximum Gasteiger partial charge on any atom is 0.259 e. The van der Waals surface area contributed by atoms with Crippen LogP contribution in [0.3, 0.4) is 0 Å². The predicted octanol–water partition coefficient (Wildman–Crippen LogP) is 5.39. The second-order valence-electron chi connectivity index (χ2n) is 18.5. The van der Waals surface area contributed by atoms with E-state index in [-0.39, 0.29) is 17.4 Å². The number of benzene rings is 2. The quantitative estimate of drug-likeness (QED) is 0.223. The van der Waals surface area contributed by atoms with Crippen molar-refractivity contribution in [1.82, 2.24) is 29.6 Å². The molecule has 61 heavy (non-hydrogen) atoms. The first-order valence-electron chi connectivity index (χ1n) is 22.2. The summed E-state index contributed by atoms with van der Waals surface area (Å²) in [6.45, 7) is 14.7. The summed E-state index contributed by atoms with van der Waals surface area (Å²) in [4.78, 5) is 55.5. The highest BCUT2D eigenvalue weighted by atomic mass is 16.5. The fraction of sp³-hybridized carbons (Fsp3) is 0.500. The third kappa shape index (κ3) is 7.33. The number of amides is 2. The number of rotatable bonds is 10. The van der Waals surface area contributed by atoms with Crippen LogP contribution in [0.1, 0.15) is 66.4 Å². The fourth-order valence-electron chi connectivity index (χ4n) is 10.8. The molecule has 1 N–H and O–H groups in total. The maximum absolute atomic E-state index is 13.5. The van der Waals surface area contributed by atoms with Crippen molar-refractivity contribution in [3.63, 3.8) is 0 Å². The third-order valence-electron chi connectivity index (χ3n) is 14.7. The van der Waals surface area contributed by atoms with Crippen LogP contribution in [-0.4, -0.2) is 115 Å². The Kier molecular flexibility index (Phi) is 10.3. The van der Waals surface area contributed by atoms with E-state index in [1.165, 1.54) is 25.7 Å². The van der Waals surface area contributed by atoms with Crippen LogP contribution in [0.2, 0.25) is 0 Å². The molecule has 1 atom stereocenters. The fourth-order valence-corrected chi connectivity index (χ4v) is 10.8. The van der Waals surface area contributed by atoms with Gasteiger partial charge in [-0.2, -0.15) is 0 Å². The zero-order valence-electron chi connectivity index (χ0n) is 35.9. The summed E-state index contributed by atoms with van der Waals surface area (Å²) in [5.41, 5.74) is 6.84. The number of hydrogen-bond donors (Lipinski definition) is 1. The normalized spacial score (nSPS) is 22.0. The van der Waals surface area contributed by atoms with Gasteiger partial charge in [0.2, 0.25) is 5.91 Å². The minimum Gasteiger partial charge on any atom is -0.496 e. The first-order chi connectivity index (χ1) is 29.6. The van der Waals surface area contributed by atoms with Crippen molar-refractivity contribution in [3.05, 3.63) is 88.1 Å². The van der Waals surface area contributed by atoms with E-state index in [2.05, 4.69) is 72.9 Å². The number of likely N-dealkylation sites (tertiary alicyclic amines) is 2. The summed E-state index contributed by atoms with van der Waals surface area (Å²) in [5, 5.41) is 4.33. The third-order valence-corrected chi connectivity index (χ3v) is 14.7. The lowest BCUT2D eigenvalue weighted by Crippen LogP contribution is -2.60. The average Bonchev–Trinajstić information content (AvgIpc) is 3.56. The average molecular weight is 827 g/mol. The van der Waals surface area contributed by atoms with Crippen molar-refractivity contribution in [3.8, 4) is 22.6 Å². The van der Waals surface area contributed by atoms with Crippen molar-refractivity contribution in [2.75, 3.05) is 82.9 Å². The molecular weight excluding hydrogens is 769 g/mol. The number of methoxy groups -OCH3 is 2. The molecule has 1 spiro atoms. The maximum atomic E-state index is 13.5. The number of allylic oxidation sites excluding steroid dienone is 1. The van der Waals surface area contributed by atoms with E-state index in [0.29, 0.717) is 36.1 Å². The predicted molar refractivity (Wildman–Crippen MR) is 237 cm³/mol. The van der Waals surface area contributed by atoms with Crippen LogP contribution in [-0.2, 0) is 24.9 Å². The van der Waals surface area contributed by atoms with Crippen LogP contribution in [0.4, 0.5) is 11.5 Å². The lowest BCUT2D eigenvalue weighted by atomic mass is 9.71. The van der Waals surface area contributed by atoms with Crippen molar-refractivity contribution >= 4 is 34.1 Å². The summed E-state index contributed by atoms with van der Waals surface area (Å²) < 4.78 is 13.7. The molecule has 0 saturated carbocycles. The number of aryl methyl sites for hydroxylation is 1. The van der Waals surface area contributed by atoms with E-state index >= 15 is 0 Å². The zero-order chi connectivity index (χ0) is 42.0. The van der Waals surface area contributed by atoms with E-state index in [1.807, 2.05) is 6.20 Å². The van der Waals surface area contributed by atoms with Crippen LogP contribution >= 0.6 is 0 Å². The van der Waals surface area contributed by atoms with Crippen LogP contribution < -0.4 is 30.1 Å². The van der Waals surface area contributed by atoms with Gasteiger partial charge in [0, 0.05) is 98.6 Å². The molecule has 2 aromatic carbocycles. The van der Waals surface area contributed by atoms with E-state index in [4.69, 9.17) is 9.47 Å². The Hall–Kier alpha value is -5.40. The number of carbonyl (C=O) groups is 2. The molecule has 2 amide bonds. The summed E-state index contributed by atoms with van der Waals surface area (Å²) in [6.07, 6.45) is 10.9. The van der Waals surface area contributed by atoms with E-state index in [1.54, 1.807) is 36.9 Å². The van der Waals surface area contributed by atoms with Crippen LogP contribution in [0.5, 0.6) is 11.5 Å². The summed E-state index contributed by atoms with van der Waals surface area (Å²) in [7, 11) is 5.24. The number of nitrogens with one attached hydrogen (secondary N) is 1. The van der Waals surface area contributed by atoms with Gasteiger partial charge < -0.3 is 39.0 Å². The van der Waals surface area contributed by atoms with Gasteiger partial charge in [0.1, 0.15) is 23.4 Å². The smallest absolute Gasteiger partial charge is 0.259 e. The van der Waals surface area contributed by atoms with Gasteiger partial charge in [0.25, 0.3) is 11.5 Å². The Morgan fingerprint density at radius 3 is 2.26 bits per heavy atom. The molecule has 10 rings (SSSR count). The number of pyridine rings is 2. The number of ether oxygens (including phenoxy) is 2. The van der Waals surface area contributed by atoms with Gasteiger partial charge in [0.05, 0.1) is 25.2 Å². The molecular formula is C48H58N8O5. The second kappa shape index (κ2) is 15.8. The molecule has 0 aliphatic carbocycles. The molecule has 13 nitrogen and oxygen atoms in total. The van der Waals surface area contributed by atoms with Crippen LogP contribution in [0, 0.1) is 11.3 Å². The number of fused-ring (bicyclic) bond motifs is 2. The lowest BCUT2D eigenvalue weighted by Gasteiger charge is -2.55. The van der Waals surface area contributed by atoms with Gasteiger partial charge in [-0.05, 0) is 119 Å². The van der Waals surface area contributed by atoms with Crippen LogP contribution in [0.15, 0.2) is 65.9 Å². The minimum atomic E-state index is -0.430. The monoisotopic (exact) mass is 826 g/mol. The zero-order valence-corrected chi connectivity index (χ0v) is 35.9. The molecule has 0 bridgehead atoms. The van der Waals surface area contributed by atoms with Gasteiger partial charge in [-0.15, -0.1) is 0 Å². The Balaban J connectivity index is 0.727. The minimum absolute atomic E-state index is 0.0327. The topological polar surface area (TPSA) is 116 Å².